The van der Waals surface area contributed by atoms with Crippen molar-refractivity contribution in [3.8, 4) is 0 Å². The van der Waals surface area contributed by atoms with Crippen LogP contribution in [0.3, 0.4) is 0 Å². The molecule has 0 spiro atoms. The van der Waals surface area contributed by atoms with E-state index in [1.807, 2.05) is 6.92 Å². The van der Waals surface area contributed by atoms with Crippen LogP contribution in [-0.4, -0.2) is 52.3 Å². The molecule has 0 bridgehead atoms. The highest BCUT2D eigenvalue weighted by Crippen LogP contribution is 2.26. The molecule has 2 aliphatic rings. The second kappa shape index (κ2) is 7.90. The third kappa shape index (κ3) is 4.54. The maximum absolute atomic E-state index is 12.0. The molecule has 0 unspecified atom stereocenters. The van der Waals surface area contributed by atoms with Crippen molar-refractivity contribution in [1.82, 2.24) is 10.2 Å². The topological polar surface area (TPSA) is 32.3 Å². The summed E-state index contributed by atoms with van der Waals surface area (Å²) in [7, 11) is 1.62. The molecule has 0 aromatic rings. The molecule has 1 aliphatic heterocycles. The SMILES string of the molecule is CC[S@](=O)[C@@H]1CCC[C@H](N[C@H](C)C2CCN(C)CC2)C1. The fourth-order valence-electron chi connectivity index (χ4n) is 3.81. The monoisotopic (exact) mass is 300 g/mol. The van der Waals surface area contributed by atoms with E-state index in [1.165, 1.54) is 45.2 Å². The maximum atomic E-state index is 12.0. The summed E-state index contributed by atoms with van der Waals surface area (Å²) in [5, 5.41) is 4.30. The van der Waals surface area contributed by atoms with Crippen LogP contribution in [0.5, 0.6) is 0 Å². The number of piperidine rings is 1. The summed E-state index contributed by atoms with van der Waals surface area (Å²) in [6, 6.07) is 1.21. The Morgan fingerprint density at radius 2 is 1.95 bits per heavy atom. The van der Waals surface area contributed by atoms with Gasteiger partial charge in [0.15, 0.2) is 0 Å². The molecule has 1 N–H and O–H groups in total. The minimum atomic E-state index is -0.605. The molecule has 2 fully saturated rings. The number of nitrogens with one attached hydrogen (secondary N) is 1. The van der Waals surface area contributed by atoms with Gasteiger partial charge in [0.25, 0.3) is 0 Å². The van der Waals surface area contributed by atoms with Crippen LogP contribution in [0.25, 0.3) is 0 Å². The van der Waals surface area contributed by atoms with Gasteiger partial charge in [-0.05, 0) is 65.1 Å². The fourth-order valence-corrected chi connectivity index (χ4v) is 5.16. The molecule has 0 radical (unpaired) electrons. The van der Waals surface area contributed by atoms with E-state index >= 15 is 0 Å². The van der Waals surface area contributed by atoms with E-state index in [0.29, 0.717) is 17.3 Å². The molecule has 0 aromatic carbocycles. The van der Waals surface area contributed by atoms with E-state index in [2.05, 4.69) is 24.2 Å². The quantitative estimate of drug-likeness (QED) is 0.846. The summed E-state index contributed by atoms with van der Waals surface area (Å²) in [6.07, 6.45) is 7.45. The first-order valence-corrected chi connectivity index (χ1v) is 9.80. The van der Waals surface area contributed by atoms with Crippen LogP contribution in [0.15, 0.2) is 0 Å². The average Bonchev–Trinajstić information content (AvgIpc) is 2.47. The van der Waals surface area contributed by atoms with Crippen molar-refractivity contribution in [2.75, 3.05) is 25.9 Å². The summed E-state index contributed by atoms with van der Waals surface area (Å²) in [4.78, 5) is 2.43. The van der Waals surface area contributed by atoms with Gasteiger partial charge in [0.05, 0.1) is 0 Å². The summed E-state index contributed by atoms with van der Waals surface area (Å²) in [5.74, 6) is 1.64. The van der Waals surface area contributed by atoms with Gasteiger partial charge in [-0.3, -0.25) is 4.21 Å². The Morgan fingerprint density at radius 1 is 1.25 bits per heavy atom. The van der Waals surface area contributed by atoms with Gasteiger partial charge in [-0.15, -0.1) is 0 Å². The highest BCUT2D eigenvalue weighted by molar-refractivity contribution is 7.85. The maximum Gasteiger partial charge on any atom is 0.0362 e. The lowest BCUT2D eigenvalue weighted by atomic mass is 9.88. The number of hydrogen-bond donors (Lipinski definition) is 1. The normalized spacial score (nSPS) is 33.0. The zero-order valence-electron chi connectivity index (χ0n) is 13.4. The summed E-state index contributed by atoms with van der Waals surface area (Å²) in [5.41, 5.74) is 0. The number of likely N-dealkylation sites (tertiary alicyclic amines) is 1. The molecule has 0 aromatic heterocycles. The van der Waals surface area contributed by atoms with Gasteiger partial charge in [-0.1, -0.05) is 13.3 Å². The Kier molecular flexibility index (Phi) is 6.50. The van der Waals surface area contributed by atoms with Crippen molar-refractivity contribution in [1.29, 1.82) is 0 Å². The lowest BCUT2D eigenvalue weighted by molar-refractivity contribution is 0.178. The first kappa shape index (κ1) is 16.4. The molecule has 118 valence electrons. The molecule has 4 heteroatoms. The van der Waals surface area contributed by atoms with Crippen molar-refractivity contribution in [2.24, 2.45) is 5.92 Å². The minimum Gasteiger partial charge on any atom is -0.311 e. The van der Waals surface area contributed by atoms with Crippen LogP contribution in [0.2, 0.25) is 0 Å². The van der Waals surface area contributed by atoms with Crippen molar-refractivity contribution < 1.29 is 4.21 Å². The lowest BCUT2D eigenvalue weighted by Gasteiger charge is -2.37. The average molecular weight is 301 g/mol. The van der Waals surface area contributed by atoms with Gasteiger partial charge in [0.1, 0.15) is 0 Å². The van der Waals surface area contributed by atoms with E-state index in [-0.39, 0.29) is 0 Å². The second-order valence-electron chi connectivity index (χ2n) is 6.75. The highest BCUT2D eigenvalue weighted by Gasteiger charge is 2.29. The van der Waals surface area contributed by atoms with Crippen LogP contribution in [-0.2, 0) is 10.8 Å². The Balaban J connectivity index is 1.78. The smallest absolute Gasteiger partial charge is 0.0362 e. The lowest BCUT2D eigenvalue weighted by Crippen LogP contribution is -2.47. The van der Waals surface area contributed by atoms with Crippen LogP contribution >= 0.6 is 0 Å². The van der Waals surface area contributed by atoms with Gasteiger partial charge in [-0.2, -0.15) is 0 Å². The van der Waals surface area contributed by atoms with Gasteiger partial charge in [0, 0.05) is 33.9 Å². The van der Waals surface area contributed by atoms with E-state index in [4.69, 9.17) is 0 Å². The van der Waals surface area contributed by atoms with Crippen LogP contribution in [0, 0.1) is 5.92 Å². The predicted octanol–water partition coefficient (Wildman–Crippen LogP) is 2.39. The van der Waals surface area contributed by atoms with Gasteiger partial charge in [0.2, 0.25) is 0 Å². The zero-order valence-corrected chi connectivity index (χ0v) is 14.3. The Morgan fingerprint density at radius 3 is 2.60 bits per heavy atom. The van der Waals surface area contributed by atoms with Crippen molar-refractivity contribution in [3.63, 3.8) is 0 Å². The molecule has 0 amide bonds. The molecule has 2 rings (SSSR count). The van der Waals surface area contributed by atoms with E-state index in [9.17, 15) is 4.21 Å². The molecule has 3 nitrogen and oxygen atoms in total. The van der Waals surface area contributed by atoms with E-state index in [0.717, 1.165) is 18.1 Å². The minimum absolute atomic E-state index is 0.441. The fraction of sp³-hybridized carbons (Fsp3) is 1.00. The zero-order chi connectivity index (χ0) is 14.5. The summed E-state index contributed by atoms with van der Waals surface area (Å²) >= 11 is 0. The summed E-state index contributed by atoms with van der Waals surface area (Å²) < 4.78 is 12.0. The summed E-state index contributed by atoms with van der Waals surface area (Å²) in [6.45, 7) is 6.89. The standard InChI is InChI=1S/C16H32N2OS/c1-4-20(19)16-7-5-6-15(12-16)17-13(2)14-8-10-18(3)11-9-14/h13-17H,4-12H2,1-3H3/t13-,15+,16-,20+/m1/s1. The van der Waals surface area contributed by atoms with Crippen LogP contribution < -0.4 is 5.32 Å². The van der Waals surface area contributed by atoms with Gasteiger partial charge in [-0.25, -0.2) is 0 Å². The number of nitrogens with zero attached hydrogens (tertiary/aromatic N) is 1. The van der Waals surface area contributed by atoms with E-state index < -0.39 is 10.8 Å². The third-order valence-electron chi connectivity index (χ3n) is 5.25. The number of rotatable bonds is 5. The van der Waals surface area contributed by atoms with Crippen molar-refractivity contribution in [2.45, 2.75) is 69.7 Å². The molecule has 1 heterocycles. The molecule has 1 saturated heterocycles. The van der Waals surface area contributed by atoms with E-state index in [1.54, 1.807) is 0 Å². The molecule has 1 saturated carbocycles. The van der Waals surface area contributed by atoms with Crippen molar-refractivity contribution in [3.05, 3.63) is 0 Å². The number of hydrogen-bond acceptors (Lipinski definition) is 3. The molecule has 20 heavy (non-hydrogen) atoms. The van der Waals surface area contributed by atoms with Crippen LogP contribution in [0.1, 0.15) is 52.4 Å². The molecule has 1 aliphatic carbocycles. The highest BCUT2D eigenvalue weighted by atomic mass is 32.2. The Labute approximate surface area is 127 Å². The van der Waals surface area contributed by atoms with Gasteiger partial charge >= 0.3 is 0 Å². The second-order valence-corrected chi connectivity index (χ2v) is 8.76. The van der Waals surface area contributed by atoms with Crippen molar-refractivity contribution >= 4 is 10.8 Å². The first-order valence-electron chi connectivity index (χ1n) is 8.42. The third-order valence-corrected chi connectivity index (χ3v) is 6.99. The predicted molar refractivity (Wildman–Crippen MR) is 87.5 cm³/mol. The Bertz CT molecular complexity index is 316. The van der Waals surface area contributed by atoms with Gasteiger partial charge < -0.3 is 10.2 Å². The molecular weight excluding hydrogens is 268 g/mol. The largest absolute Gasteiger partial charge is 0.311 e. The Hall–Kier alpha value is 0.0700. The first-order chi connectivity index (χ1) is 9.60. The van der Waals surface area contributed by atoms with Crippen LogP contribution in [0.4, 0.5) is 0 Å². The molecule has 4 atom stereocenters. The molecular formula is C16H32N2OS.